The highest BCUT2D eigenvalue weighted by molar-refractivity contribution is 5.64. The maximum absolute atomic E-state index is 5.58. The normalized spacial score (nSPS) is 10.6. The molecule has 2 aromatic rings. The Labute approximate surface area is 101 Å². The number of hydrogen-bond acceptors (Lipinski definition) is 3. The van der Waals surface area contributed by atoms with Crippen LogP contribution in [-0.4, -0.2) is 11.6 Å². The summed E-state index contributed by atoms with van der Waals surface area (Å²) in [6.45, 7) is 8.73. The molecule has 0 bridgehead atoms. The molecule has 0 atom stereocenters. The van der Waals surface area contributed by atoms with Crippen LogP contribution in [0.2, 0.25) is 0 Å². The van der Waals surface area contributed by atoms with Crippen molar-refractivity contribution in [2.45, 2.75) is 27.7 Å². The van der Waals surface area contributed by atoms with Crippen LogP contribution in [0.1, 0.15) is 23.6 Å². The smallest absolute Gasteiger partial charge is 0.305 e. The van der Waals surface area contributed by atoms with Gasteiger partial charge in [0, 0.05) is 5.56 Å². The van der Waals surface area contributed by atoms with Crippen molar-refractivity contribution in [3.63, 3.8) is 0 Å². The number of oxazole rings is 1. The molecular formula is C14H17NO2. The maximum Gasteiger partial charge on any atom is 0.305 e. The first kappa shape index (κ1) is 11.7. The van der Waals surface area contributed by atoms with Gasteiger partial charge in [0.2, 0.25) is 5.89 Å². The fourth-order valence-corrected chi connectivity index (χ4v) is 2.10. The number of ether oxygens (including phenoxy) is 1. The lowest BCUT2D eigenvalue weighted by Crippen LogP contribution is -1.90. The quantitative estimate of drug-likeness (QED) is 0.808. The third kappa shape index (κ3) is 2.33. The zero-order chi connectivity index (χ0) is 12.4. The van der Waals surface area contributed by atoms with E-state index in [0.717, 1.165) is 5.56 Å². The van der Waals surface area contributed by atoms with E-state index >= 15 is 0 Å². The van der Waals surface area contributed by atoms with Gasteiger partial charge in [-0.1, -0.05) is 17.7 Å². The molecule has 0 aliphatic heterocycles. The summed E-state index contributed by atoms with van der Waals surface area (Å²) in [5.74, 6) is 1.10. The van der Waals surface area contributed by atoms with Crippen molar-refractivity contribution >= 4 is 0 Å². The van der Waals surface area contributed by atoms with E-state index in [1.807, 2.05) is 6.92 Å². The molecule has 0 saturated carbocycles. The summed E-state index contributed by atoms with van der Waals surface area (Å²) in [7, 11) is 0. The number of rotatable bonds is 3. The number of hydrogen-bond donors (Lipinski definition) is 0. The van der Waals surface area contributed by atoms with E-state index in [9.17, 15) is 0 Å². The van der Waals surface area contributed by atoms with E-state index in [2.05, 4.69) is 37.9 Å². The van der Waals surface area contributed by atoms with Crippen LogP contribution in [0.15, 0.2) is 22.7 Å². The monoisotopic (exact) mass is 231 g/mol. The Morgan fingerprint density at radius 2 is 1.82 bits per heavy atom. The predicted octanol–water partition coefficient (Wildman–Crippen LogP) is 3.67. The van der Waals surface area contributed by atoms with E-state index in [1.165, 1.54) is 16.7 Å². The van der Waals surface area contributed by atoms with Gasteiger partial charge in [-0.2, -0.15) is 0 Å². The Morgan fingerprint density at radius 3 is 2.41 bits per heavy atom. The van der Waals surface area contributed by atoms with Crippen molar-refractivity contribution in [1.82, 2.24) is 4.98 Å². The molecule has 3 heteroatoms. The molecule has 0 aliphatic carbocycles. The first-order valence-electron chi connectivity index (χ1n) is 5.78. The summed E-state index contributed by atoms with van der Waals surface area (Å²) in [5.41, 5.74) is 4.65. The Morgan fingerprint density at radius 1 is 1.18 bits per heavy atom. The fourth-order valence-electron chi connectivity index (χ4n) is 2.10. The average Bonchev–Trinajstić information content (AvgIpc) is 2.65. The minimum absolute atomic E-state index is 0.474. The summed E-state index contributed by atoms with van der Waals surface area (Å²) in [6.07, 6.45) is 1.62. The van der Waals surface area contributed by atoms with Crippen molar-refractivity contribution in [3.8, 4) is 17.4 Å². The SMILES string of the molecule is CCOc1cnc(-c2c(C)cc(C)cc2C)o1. The predicted molar refractivity (Wildman–Crippen MR) is 67.3 cm³/mol. The molecule has 0 spiro atoms. The standard InChI is InChI=1S/C14H17NO2/c1-5-16-12-8-15-14(17-12)13-10(3)6-9(2)7-11(13)4/h6-8H,5H2,1-4H3. The summed E-state index contributed by atoms with van der Waals surface area (Å²) in [4.78, 5) is 4.26. The van der Waals surface area contributed by atoms with Gasteiger partial charge in [-0.05, 0) is 38.8 Å². The second-order valence-electron chi connectivity index (χ2n) is 4.19. The van der Waals surface area contributed by atoms with Gasteiger partial charge in [0.25, 0.3) is 0 Å². The summed E-state index contributed by atoms with van der Waals surface area (Å²) in [5, 5.41) is 0. The summed E-state index contributed by atoms with van der Waals surface area (Å²) < 4.78 is 10.9. The average molecular weight is 231 g/mol. The highest BCUT2D eigenvalue weighted by Crippen LogP contribution is 2.29. The van der Waals surface area contributed by atoms with Crippen LogP contribution in [0.5, 0.6) is 5.95 Å². The van der Waals surface area contributed by atoms with Crippen molar-refractivity contribution in [1.29, 1.82) is 0 Å². The second kappa shape index (κ2) is 4.62. The molecular weight excluding hydrogens is 214 g/mol. The first-order chi connectivity index (χ1) is 8.11. The van der Waals surface area contributed by atoms with Crippen LogP contribution in [0.25, 0.3) is 11.5 Å². The van der Waals surface area contributed by atoms with Gasteiger partial charge in [-0.25, -0.2) is 4.98 Å². The zero-order valence-electron chi connectivity index (χ0n) is 10.7. The van der Waals surface area contributed by atoms with Gasteiger partial charge in [-0.15, -0.1) is 0 Å². The lowest BCUT2D eigenvalue weighted by atomic mass is 10.00. The molecule has 90 valence electrons. The second-order valence-corrected chi connectivity index (χ2v) is 4.19. The van der Waals surface area contributed by atoms with Gasteiger partial charge in [0.15, 0.2) is 0 Å². The fraction of sp³-hybridized carbons (Fsp3) is 0.357. The van der Waals surface area contributed by atoms with Gasteiger partial charge in [0.05, 0.1) is 6.61 Å². The molecule has 1 aromatic heterocycles. The molecule has 3 nitrogen and oxygen atoms in total. The molecule has 0 N–H and O–H groups in total. The molecule has 0 unspecified atom stereocenters. The molecule has 0 aliphatic rings. The molecule has 0 amide bonds. The highest BCUT2D eigenvalue weighted by Gasteiger charge is 2.12. The Bertz CT molecular complexity index is 506. The van der Waals surface area contributed by atoms with Crippen LogP contribution in [0.4, 0.5) is 0 Å². The zero-order valence-corrected chi connectivity index (χ0v) is 10.7. The van der Waals surface area contributed by atoms with E-state index < -0.39 is 0 Å². The number of aromatic nitrogens is 1. The van der Waals surface area contributed by atoms with Crippen LogP contribution >= 0.6 is 0 Å². The minimum atomic E-state index is 0.474. The van der Waals surface area contributed by atoms with Gasteiger partial charge in [-0.3, -0.25) is 0 Å². The van der Waals surface area contributed by atoms with E-state index in [1.54, 1.807) is 6.20 Å². The van der Waals surface area contributed by atoms with Gasteiger partial charge < -0.3 is 9.15 Å². The largest absolute Gasteiger partial charge is 0.464 e. The highest BCUT2D eigenvalue weighted by atomic mass is 16.6. The lowest BCUT2D eigenvalue weighted by Gasteiger charge is -2.07. The van der Waals surface area contributed by atoms with Crippen LogP contribution in [0.3, 0.4) is 0 Å². The van der Waals surface area contributed by atoms with Crippen LogP contribution in [0, 0.1) is 20.8 Å². The number of benzene rings is 1. The topological polar surface area (TPSA) is 35.3 Å². The molecule has 1 heterocycles. The molecule has 1 aromatic carbocycles. The van der Waals surface area contributed by atoms with E-state index in [4.69, 9.17) is 9.15 Å². The van der Waals surface area contributed by atoms with Crippen LogP contribution in [-0.2, 0) is 0 Å². The summed E-state index contributed by atoms with van der Waals surface area (Å²) >= 11 is 0. The van der Waals surface area contributed by atoms with Gasteiger partial charge >= 0.3 is 5.95 Å². The molecule has 17 heavy (non-hydrogen) atoms. The van der Waals surface area contributed by atoms with Gasteiger partial charge in [0.1, 0.15) is 6.20 Å². The third-order valence-corrected chi connectivity index (χ3v) is 2.66. The van der Waals surface area contributed by atoms with E-state index in [-0.39, 0.29) is 0 Å². The van der Waals surface area contributed by atoms with Crippen molar-refractivity contribution in [3.05, 3.63) is 35.0 Å². The van der Waals surface area contributed by atoms with Crippen molar-refractivity contribution in [2.24, 2.45) is 0 Å². The molecule has 0 fully saturated rings. The first-order valence-corrected chi connectivity index (χ1v) is 5.78. The van der Waals surface area contributed by atoms with Crippen molar-refractivity contribution < 1.29 is 9.15 Å². The third-order valence-electron chi connectivity index (χ3n) is 2.66. The minimum Gasteiger partial charge on any atom is -0.464 e. The number of nitrogens with zero attached hydrogens (tertiary/aromatic N) is 1. The lowest BCUT2D eigenvalue weighted by molar-refractivity contribution is 0.260. The summed E-state index contributed by atoms with van der Waals surface area (Å²) in [6, 6.07) is 4.26. The molecule has 0 saturated heterocycles. The number of aryl methyl sites for hydroxylation is 3. The van der Waals surface area contributed by atoms with E-state index in [0.29, 0.717) is 18.4 Å². The molecule has 2 rings (SSSR count). The molecule has 0 radical (unpaired) electrons. The maximum atomic E-state index is 5.58. The van der Waals surface area contributed by atoms with Crippen LogP contribution < -0.4 is 4.74 Å². The van der Waals surface area contributed by atoms with Crippen molar-refractivity contribution in [2.75, 3.05) is 6.61 Å². The Balaban J connectivity index is 2.45. The Hall–Kier alpha value is -1.77. The Kier molecular flexibility index (Phi) is 3.18.